The normalized spacial score (nSPS) is 15.5. The van der Waals surface area contributed by atoms with Gasteiger partial charge in [0, 0.05) is 42.8 Å². The number of nitrogens with zero attached hydrogens (tertiary/aromatic N) is 2. The van der Waals surface area contributed by atoms with Crippen molar-refractivity contribution in [3.63, 3.8) is 0 Å². The molecule has 2 heterocycles. The Morgan fingerprint density at radius 3 is 2.48 bits per heavy atom. The highest BCUT2D eigenvalue weighted by Crippen LogP contribution is 2.21. The molecule has 0 unspecified atom stereocenters. The molecule has 1 aliphatic rings. The second kappa shape index (κ2) is 7.01. The number of likely N-dealkylation sites (tertiary alicyclic amines) is 1. The lowest BCUT2D eigenvalue weighted by atomic mass is 10.1. The van der Waals surface area contributed by atoms with Crippen molar-refractivity contribution in [2.24, 2.45) is 0 Å². The fourth-order valence-corrected chi connectivity index (χ4v) is 2.79. The number of ether oxygens (including phenoxy) is 1. The van der Waals surface area contributed by atoms with Crippen molar-refractivity contribution in [3.05, 3.63) is 58.9 Å². The molecule has 0 spiro atoms. The number of carbonyl (C=O) groups is 1. The minimum Gasteiger partial charge on any atom is -0.490 e. The number of amides is 1. The molecule has 0 aliphatic carbocycles. The first kappa shape index (κ1) is 15.8. The zero-order valence-electron chi connectivity index (χ0n) is 13.0. The van der Waals surface area contributed by atoms with Gasteiger partial charge in [-0.25, -0.2) is 0 Å². The minimum absolute atomic E-state index is 0.0439. The number of aryl methyl sites for hydroxylation is 1. The summed E-state index contributed by atoms with van der Waals surface area (Å²) >= 11 is 5.87. The minimum atomic E-state index is 0.0439. The summed E-state index contributed by atoms with van der Waals surface area (Å²) in [6.45, 7) is 3.31. The van der Waals surface area contributed by atoms with Crippen molar-refractivity contribution in [2.75, 3.05) is 13.1 Å². The first-order valence-electron chi connectivity index (χ1n) is 7.76. The molecular weight excluding hydrogens is 312 g/mol. The summed E-state index contributed by atoms with van der Waals surface area (Å²) in [5.41, 5.74) is 1.56. The van der Waals surface area contributed by atoms with Crippen LogP contribution in [0.5, 0.6) is 5.75 Å². The van der Waals surface area contributed by atoms with Gasteiger partial charge in [0.15, 0.2) is 0 Å². The van der Waals surface area contributed by atoms with Gasteiger partial charge in [-0.2, -0.15) is 0 Å². The third-order valence-corrected chi connectivity index (χ3v) is 4.26. The molecule has 1 fully saturated rings. The third kappa shape index (κ3) is 4.02. The van der Waals surface area contributed by atoms with Crippen LogP contribution in [0.1, 0.15) is 28.9 Å². The van der Waals surface area contributed by atoms with Crippen molar-refractivity contribution >= 4 is 17.5 Å². The molecule has 0 atom stereocenters. The molecule has 0 radical (unpaired) electrons. The molecule has 1 saturated heterocycles. The molecular formula is C18H19ClN2O2. The van der Waals surface area contributed by atoms with E-state index in [-0.39, 0.29) is 12.0 Å². The Hall–Kier alpha value is -2.07. The molecule has 1 aromatic heterocycles. The first-order chi connectivity index (χ1) is 11.1. The topological polar surface area (TPSA) is 42.4 Å². The number of hydrogen-bond donors (Lipinski definition) is 0. The summed E-state index contributed by atoms with van der Waals surface area (Å²) < 4.78 is 5.95. The van der Waals surface area contributed by atoms with E-state index in [0.717, 1.165) is 24.3 Å². The summed E-state index contributed by atoms with van der Waals surface area (Å²) in [5.74, 6) is 0.865. The second-order valence-corrected chi connectivity index (χ2v) is 6.19. The molecule has 5 heteroatoms. The SMILES string of the molecule is Cc1ccc(C(=O)N2CCC(Oc3ccc(Cl)cc3)CC2)cn1. The maximum Gasteiger partial charge on any atom is 0.255 e. The zero-order chi connectivity index (χ0) is 16.2. The fourth-order valence-electron chi connectivity index (χ4n) is 2.66. The number of hydrogen-bond acceptors (Lipinski definition) is 3. The zero-order valence-corrected chi connectivity index (χ0v) is 13.8. The van der Waals surface area contributed by atoms with Crippen LogP contribution >= 0.6 is 11.6 Å². The number of pyridine rings is 1. The molecule has 0 bridgehead atoms. The lowest BCUT2D eigenvalue weighted by Gasteiger charge is -2.32. The van der Waals surface area contributed by atoms with Gasteiger partial charge >= 0.3 is 0 Å². The summed E-state index contributed by atoms with van der Waals surface area (Å²) in [4.78, 5) is 18.5. The molecule has 2 aromatic rings. The highest BCUT2D eigenvalue weighted by Gasteiger charge is 2.24. The van der Waals surface area contributed by atoms with E-state index in [1.54, 1.807) is 6.20 Å². The van der Waals surface area contributed by atoms with Gasteiger partial charge in [-0.05, 0) is 43.3 Å². The fraction of sp³-hybridized carbons (Fsp3) is 0.333. The lowest BCUT2D eigenvalue weighted by Crippen LogP contribution is -2.41. The maximum atomic E-state index is 12.4. The summed E-state index contributed by atoms with van der Waals surface area (Å²) in [7, 11) is 0. The van der Waals surface area contributed by atoms with Gasteiger partial charge in [0.25, 0.3) is 5.91 Å². The van der Waals surface area contributed by atoms with Gasteiger partial charge in [0.2, 0.25) is 0 Å². The average Bonchev–Trinajstić information content (AvgIpc) is 2.58. The van der Waals surface area contributed by atoms with Crippen molar-refractivity contribution in [3.8, 4) is 5.75 Å². The van der Waals surface area contributed by atoms with E-state index < -0.39 is 0 Å². The monoisotopic (exact) mass is 330 g/mol. The van der Waals surface area contributed by atoms with Gasteiger partial charge < -0.3 is 9.64 Å². The number of rotatable bonds is 3. The molecule has 23 heavy (non-hydrogen) atoms. The van der Waals surface area contributed by atoms with Gasteiger partial charge in [0.1, 0.15) is 11.9 Å². The molecule has 1 amide bonds. The van der Waals surface area contributed by atoms with Crippen molar-refractivity contribution in [1.29, 1.82) is 0 Å². The van der Waals surface area contributed by atoms with E-state index >= 15 is 0 Å². The number of halogens is 1. The Labute approximate surface area is 141 Å². The largest absolute Gasteiger partial charge is 0.490 e. The van der Waals surface area contributed by atoms with Crippen LogP contribution in [0.4, 0.5) is 0 Å². The van der Waals surface area contributed by atoms with Crippen LogP contribution in [-0.2, 0) is 0 Å². The van der Waals surface area contributed by atoms with E-state index in [4.69, 9.17) is 16.3 Å². The predicted octanol–water partition coefficient (Wildman–Crippen LogP) is 3.73. The van der Waals surface area contributed by atoms with E-state index in [9.17, 15) is 4.79 Å². The predicted molar refractivity (Wildman–Crippen MR) is 90.0 cm³/mol. The Kier molecular flexibility index (Phi) is 4.82. The third-order valence-electron chi connectivity index (χ3n) is 4.00. The van der Waals surface area contributed by atoms with Gasteiger partial charge in [-0.1, -0.05) is 11.6 Å². The molecule has 120 valence electrons. The smallest absolute Gasteiger partial charge is 0.255 e. The average molecular weight is 331 g/mol. The van der Waals surface area contributed by atoms with Gasteiger partial charge in [-0.3, -0.25) is 9.78 Å². The van der Waals surface area contributed by atoms with E-state index in [0.29, 0.717) is 23.7 Å². The highest BCUT2D eigenvalue weighted by molar-refractivity contribution is 6.30. The standard InChI is InChI=1S/C18H19ClN2O2/c1-13-2-3-14(12-20-13)18(22)21-10-8-17(9-11-21)23-16-6-4-15(19)5-7-16/h2-7,12,17H,8-11H2,1H3. The van der Waals surface area contributed by atoms with Crippen LogP contribution in [0.3, 0.4) is 0 Å². The Bertz CT molecular complexity index is 662. The molecule has 4 nitrogen and oxygen atoms in total. The molecule has 0 N–H and O–H groups in total. The van der Waals surface area contributed by atoms with Crippen molar-refractivity contribution in [1.82, 2.24) is 9.88 Å². The summed E-state index contributed by atoms with van der Waals surface area (Å²) in [6.07, 6.45) is 3.44. The van der Waals surface area contributed by atoms with Crippen LogP contribution in [-0.4, -0.2) is 35.0 Å². The van der Waals surface area contributed by atoms with Crippen LogP contribution in [0.25, 0.3) is 0 Å². The van der Waals surface area contributed by atoms with Crippen LogP contribution in [0, 0.1) is 6.92 Å². The molecule has 1 aromatic carbocycles. The molecule has 3 rings (SSSR count). The van der Waals surface area contributed by atoms with Gasteiger partial charge in [-0.15, -0.1) is 0 Å². The van der Waals surface area contributed by atoms with Gasteiger partial charge in [0.05, 0.1) is 5.56 Å². The maximum absolute atomic E-state index is 12.4. The van der Waals surface area contributed by atoms with E-state index in [1.807, 2.05) is 48.2 Å². The van der Waals surface area contributed by atoms with Crippen LogP contribution < -0.4 is 4.74 Å². The van der Waals surface area contributed by atoms with E-state index in [2.05, 4.69) is 4.98 Å². The number of benzene rings is 1. The summed E-state index contributed by atoms with van der Waals surface area (Å²) in [6, 6.07) is 11.1. The second-order valence-electron chi connectivity index (χ2n) is 5.75. The van der Waals surface area contributed by atoms with Crippen molar-refractivity contribution < 1.29 is 9.53 Å². The Balaban J connectivity index is 1.54. The quantitative estimate of drug-likeness (QED) is 0.861. The number of aromatic nitrogens is 1. The molecule has 0 saturated carbocycles. The van der Waals surface area contributed by atoms with E-state index in [1.165, 1.54) is 0 Å². The molecule has 1 aliphatic heterocycles. The Morgan fingerprint density at radius 1 is 1.17 bits per heavy atom. The summed E-state index contributed by atoms with van der Waals surface area (Å²) in [5, 5.41) is 0.699. The van der Waals surface area contributed by atoms with Crippen LogP contribution in [0.2, 0.25) is 5.02 Å². The number of carbonyl (C=O) groups excluding carboxylic acids is 1. The Morgan fingerprint density at radius 2 is 1.87 bits per heavy atom. The van der Waals surface area contributed by atoms with Crippen LogP contribution in [0.15, 0.2) is 42.6 Å². The number of piperidine rings is 1. The lowest BCUT2D eigenvalue weighted by molar-refractivity contribution is 0.0595. The first-order valence-corrected chi connectivity index (χ1v) is 8.14. The highest BCUT2D eigenvalue weighted by atomic mass is 35.5. The van der Waals surface area contributed by atoms with Crippen molar-refractivity contribution in [2.45, 2.75) is 25.9 Å².